The molecule has 1 heterocycles. The molecule has 1 aliphatic rings. The van der Waals surface area contributed by atoms with Crippen molar-refractivity contribution in [3.63, 3.8) is 0 Å². The second-order valence-electron chi connectivity index (χ2n) is 7.15. The number of amides is 1. The Labute approximate surface area is 171 Å². The number of nitrogens with one attached hydrogen (secondary N) is 1. The summed E-state index contributed by atoms with van der Waals surface area (Å²) in [6.45, 7) is 5.98. The van der Waals surface area contributed by atoms with Crippen LogP contribution < -0.4 is 9.46 Å². The molecule has 0 radical (unpaired) electrons. The standard InChI is InChI=1S/C21H26N2O5S/c1-15(2)16-4-6-17(7-5-16)22-29(25,26)18-8-9-20(27-3)19(14-18)21(24)23-10-12-28-13-11-23/h4-9,14-15,22H,10-13H2,1-3H3. The number of hydrogen-bond acceptors (Lipinski definition) is 5. The molecular weight excluding hydrogens is 392 g/mol. The lowest BCUT2D eigenvalue weighted by molar-refractivity contribution is 0.0300. The smallest absolute Gasteiger partial charge is 0.261 e. The van der Waals surface area contributed by atoms with Crippen LogP contribution in [-0.4, -0.2) is 52.6 Å². The van der Waals surface area contributed by atoms with Gasteiger partial charge in [-0.3, -0.25) is 9.52 Å². The van der Waals surface area contributed by atoms with Crippen molar-refractivity contribution in [1.82, 2.24) is 4.90 Å². The van der Waals surface area contributed by atoms with Crippen LogP contribution in [0.3, 0.4) is 0 Å². The monoisotopic (exact) mass is 418 g/mol. The number of rotatable bonds is 6. The summed E-state index contributed by atoms with van der Waals surface area (Å²) in [5.41, 5.74) is 1.80. The van der Waals surface area contributed by atoms with E-state index in [-0.39, 0.29) is 16.4 Å². The summed E-state index contributed by atoms with van der Waals surface area (Å²) in [5, 5.41) is 0. The van der Waals surface area contributed by atoms with E-state index in [0.29, 0.717) is 43.7 Å². The van der Waals surface area contributed by atoms with Crippen LogP contribution in [0.2, 0.25) is 0 Å². The fourth-order valence-corrected chi connectivity index (χ4v) is 4.19. The van der Waals surface area contributed by atoms with Gasteiger partial charge < -0.3 is 14.4 Å². The zero-order valence-corrected chi connectivity index (χ0v) is 17.7. The third-order valence-corrected chi connectivity index (χ3v) is 6.22. The van der Waals surface area contributed by atoms with Crippen LogP contribution in [-0.2, 0) is 14.8 Å². The first kappa shape index (κ1) is 21.1. The molecule has 1 saturated heterocycles. The number of nitrogens with zero attached hydrogens (tertiary/aromatic N) is 1. The van der Waals surface area contributed by atoms with E-state index in [2.05, 4.69) is 18.6 Å². The molecule has 29 heavy (non-hydrogen) atoms. The van der Waals surface area contributed by atoms with E-state index in [1.165, 1.54) is 25.3 Å². The Hall–Kier alpha value is -2.58. The first-order valence-corrected chi connectivity index (χ1v) is 11.0. The maximum Gasteiger partial charge on any atom is 0.261 e. The summed E-state index contributed by atoms with van der Waals surface area (Å²) in [6.07, 6.45) is 0. The first-order valence-electron chi connectivity index (χ1n) is 9.49. The van der Waals surface area contributed by atoms with Crippen molar-refractivity contribution in [1.29, 1.82) is 0 Å². The first-order chi connectivity index (χ1) is 13.8. The van der Waals surface area contributed by atoms with Crippen LogP contribution in [0.4, 0.5) is 5.69 Å². The Morgan fingerprint density at radius 1 is 1.10 bits per heavy atom. The highest BCUT2D eigenvalue weighted by Gasteiger charge is 2.24. The second kappa shape index (κ2) is 8.84. The van der Waals surface area contributed by atoms with Crippen molar-refractivity contribution in [2.45, 2.75) is 24.7 Å². The van der Waals surface area contributed by atoms with Crippen molar-refractivity contribution in [3.8, 4) is 5.75 Å². The van der Waals surface area contributed by atoms with Gasteiger partial charge in [0.05, 0.1) is 30.8 Å². The van der Waals surface area contributed by atoms with Crippen molar-refractivity contribution < 1.29 is 22.7 Å². The van der Waals surface area contributed by atoms with Crippen molar-refractivity contribution in [2.75, 3.05) is 38.1 Å². The molecule has 7 nitrogen and oxygen atoms in total. The molecule has 2 aromatic carbocycles. The van der Waals surface area contributed by atoms with Gasteiger partial charge in [0.15, 0.2) is 0 Å². The van der Waals surface area contributed by atoms with Crippen molar-refractivity contribution >= 4 is 21.6 Å². The zero-order valence-electron chi connectivity index (χ0n) is 16.8. The number of benzene rings is 2. The van der Waals surface area contributed by atoms with Crippen LogP contribution in [0.5, 0.6) is 5.75 Å². The minimum atomic E-state index is -3.86. The molecular formula is C21H26N2O5S. The maximum absolute atomic E-state index is 12.9. The molecule has 0 atom stereocenters. The highest BCUT2D eigenvalue weighted by Crippen LogP contribution is 2.26. The number of morpholine rings is 1. The molecule has 8 heteroatoms. The van der Waals surface area contributed by atoms with Crippen molar-refractivity contribution in [2.24, 2.45) is 0 Å². The fraction of sp³-hybridized carbons (Fsp3) is 0.381. The Morgan fingerprint density at radius 2 is 1.76 bits per heavy atom. The number of anilines is 1. The lowest BCUT2D eigenvalue weighted by atomic mass is 10.0. The van der Waals surface area contributed by atoms with Crippen LogP contribution in [0.15, 0.2) is 47.4 Å². The number of hydrogen-bond donors (Lipinski definition) is 1. The summed E-state index contributed by atoms with van der Waals surface area (Å²) in [6, 6.07) is 11.5. The van der Waals surface area contributed by atoms with Crippen LogP contribution >= 0.6 is 0 Å². The Balaban J connectivity index is 1.87. The quantitative estimate of drug-likeness (QED) is 0.779. The van der Waals surface area contributed by atoms with E-state index in [9.17, 15) is 13.2 Å². The predicted octanol–water partition coefficient (Wildman–Crippen LogP) is 3.09. The number of carbonyl (C=O) groups excluding carboxylic acids is 1. The minimum Gasteiger partial charge on any atom is -0.496 e. The predicted molar refractivity (Wildman–Crippen MR) is 111 cm³/mol. The van der Waals surface area contributed by atoms with Gasteiger partial charge in [-0.15, -0.1) is 0 Å². The third kappa shape index (κ3) is 4.89. The lowest BCUT2D eigenvalue weighted by Gasteiger charge is -2.27. The van der Waals surface area contributed by atoms with Gasteiger partial charge in [-0.1, -0.05) is 26.0 Å². The number of carbonyl (C=O) groups is 1. The summed E-state index contributed by atoms with van der Waals surface area (Å²) in [7, 11) is -2.41. The lowest BCUT2D eigenvalue weighted by Crippen LogP contribution is -2.40. The van der Waals surface area contributed by atoms with Gasteiger partial charge in [-0.05, 0) is 41.8 Å². The van der Waals surface area contributed by atoms with Gasteiger partial charge in [-0.2, -0.15) is 0 Å². The molecule has 2 aromatic rings. The summed E-state index contributed by atoms with van der Waals surface area (Å²) >= 11 is 0. The zero-order chi connectivity index (χ0) is 21.0. The van der Waals surface area contributed by atoms with Gasteiger partial charge in [0.25, 0.3) is 15.9 Å². The third-order valence-electron chi connectivity index (χ3n) is 4.84. The van der Waals surface area contributed by atoms with Crippen LogP contribution in [0, 0.1) is 0 Å². The van der Waals surface area contributed by atoms with Crippen LogP contribution in [0.25, 0.3) is 0 Å². The minimum absolute atomic E-state index is 0.00263. The molecule has 156 valence electrons. The van der Waals surface area contributed by atoms with Gasteiger partial charge >= 0.3 is 0 Å². The molecule has 0 unspecified atom stereocenters. The topological polar surface area (TPSA) is 84.9 Å². The molecule has 1 aliphatic heterocycles. The van der Waals surface area contributed by atoms with E-state index in [4.69, 9.17) is 9.47 Å². The van der Waals surface area contributed by atoms with Gasteiger partial charge in [0, 0.05) is 18.8 Å². The highest BCUT2D eigenvalue weighted by atomic mass is 32.2. The molecule has 1 amide bonds. The number of sulfonamides is 1. The molecule has 3 rings (SSSR count). The normalized spacial score (nSPS) is 14.7. The molecule has 0 aromatic heterocycles. The molecule has 0 spiro atoms. The number of ether oxygens (including phenoxy) is 2. The van der Waals surface area contributed by atoms with E-state index < -0.39 is 10.0 Å². The molecule has 0 saturated carbocycles. The summed E-state index contributed by atoms with van der Waals surface area (Å²) in [5.74, 6) is 0.418. The number of methoxy groups -OCH3 is 1. The average molecular weight is 419 g/mol. The Morgan fingerprint density at radius 3 is 2.34 bits per heavy atom. The van der Waals surface area contributed by atoms with Gasteiger partial charge in [0.1, 0.15) is 5.75 Å². The van der Waals surface area contributed by atoms with Crippen molar-refractivity contribution in [3.05, 3.63) is 53.6 Å². The molecule has 1 fully saturated rings. The fourth-order valence-electron chi connectivity index (χ4n) is 3.11. The maximum atomic E-state index is 12.9. The SMILES string of the molecule is COc1ccc(S(=O)(=O)Nc2ccc(C(C)C)cc2)cc1C(=O)N1CCOCC1. The molecule has 0 bridgehead atoms. The average Bonchev–Trinajstić information content (AvgIpc) is 2.73. The summed E-state index contributed by atoms with van der Waals surface area (Å²) in [4.78, 5) is 14.5. The highest BCUT2D eigenvalue weighted by molar-refractivity contribution is 7.92. The van der Waals surface area contributed by atoms with Gasteiger partial charge in [-0.25, -0.2) is 8.42 Å². The van der Waals surface area contributed by atoms with Gasteiger partial charge in [0.2, 0.25) is 0 Å². The second-order valence-corrected chi connectivity index (χ2v) is 8.83. The molecule has 0 aliphatic carbocycles. The Bertz CT molecular complexity index is 965. The largest absolute Gasteiger partial charge is 0.496 e. The van der Waals surface area contributed by atoms with E-state index in [1.54, 1.807) is 17.0 Å². The Kier molecular flexibility index (Phi) is 6.44. The molecule has 1 N–H and O–H groups in total. The van der Waals surface area contributed by atoms with E-state index >= 15 is 0 Å². The van der Waals surface area contributed by atoms with Crippen LogP contribution in [0.1, 0.15) is 35.7 Å². The van der Waals surface area contributed by atoms with E-state index in [1.807, 2.05) is 12.1 Å². The summed E-state index contributed by atoms with van der Waals surface area (Å²) < 4.78 is 38.9. The van der Waals surface area contributed by atoms with E-state index in [0.717, 1.165) is 5.56 Å².